The summed E-state index contributed by atoms with van der Waals surface area (Å²) in [4.78, 5) is 34.9. The summed E-state index contributed by atoms with van der Waals surface area (Å²) in [6.07, 6.45) is 5.08. The van der Waals surface area contributed by atoms with E-state index in [0.29, 0.717) is 37.7 Å². The summed E-state index contributed by atoms with van der Waals surface area (Å²) in [7, 11) is 0. The molecule has 0 aliphatic carbocycles. The highest BCUT2D eigenvalue weighted by Gasteiger charge is 2.15. The molecule has 0 radical (unpaired) electrons. The number of carbonyl (C=O) groups is 2. The number of guanidine groups is 1. The molecule has 2 heterocycles. The highest BCUT2D eigenvalue weighted by Crippen LogP contribution is 2.11. The van der Waals surface area contributed by atoms with Crippen LogP contribution in [0.5, 0.6) is 0 Å². The Balaban J connectivity index is 1.69. The fraction of sp³-hybridized carbons (Fsp3) is 0.619. The molecule has 3 N–H and O–H groups in total. The third-order valence-electron chi connectivity index (χ3n) is 4.67. The summed E-state index contributed by atoms with van der Waals surface area (Å²) in [5.41, 5.74) is 0.865. The topological polar surface area (TPSA) is 98.7 Å². The molecule has 1 aliphatic rings. The van der Waals surface area contributed by atoms with Gasteiger partial charge in [-0.2, -0.15) is 0 Å². The molecule has 1 aromatic heterocycles. The van der Waals surface area contributed by atoms with Crippen LogP contribution in [-0.4, -0.2) is 60.4 Å². The first-order valence-corrected chi connectivity index (χ1v) is 10.6. The van der Waals surface area contributed by atoms with Gasteiger partial charge in [0.25, 0.3) is 0 Å². The lowest BCUT2D eigenvalue weighted by Gasteiger charge is -2.20. The molecule has 0 atom stereocenters. The Bertz CT molecular complexity index is 692. The Morgan fingerprint density at radius 3 is 2.90 bits per heavy atom. The van der Waals surface area contributed by atoms with Gasteiger partial charge in [0, 0.05) is 51.3 Å². The Morgan fingerprint density at radius 1 is 1.24 bits per heavy atom. The molecule has 8 nitrogen and oxygen atoms in total. The number of pyridine rings is 1. The molecule has 1 aliphatic heterocycles. The van der Waals surface area contributed by atoms with Crippen molar-refractivity contribution in [1.82, 2.24) is 20.5 Å². The maximum absolute atomic E-state index is 12.1. The summed E-state index contributed by atoms with van der Waals surface area (Å²) >= 11 is 0. The normalized spacial score (nSPS) is 15.0. The maximum atomic E-state index is 12.1. The van der Waals surface area contributed by atoms with Gasteiger partial charge in [0.1, 0.15) is 5.82 Å². The molecule has 0 spiro atoms. The summed E-state index contributed by atoms with van der Waals surface area (Å²) in [6.45, 7) is 7.38. The lowest BCUT2D eigenvalue weighted by molar-refractivity contribution is -0.130. The molecule has 1 aromatic rings. The number of rotatable bonds is 9. The van der Waals surface area contributed by atoms with Crippen molar-refractivity contribution in [3.63, 3.8) is 0 Å². The third kappa shape index (κ3) is 8.93. The number of carbonyl (C=O) groups excluding carboxylic acids is 2. The number of nitrogens with one attached hydrogen (secondary N) is 3. The zero-order chi connectivity index (χ0) is 20.9. The molecule has 2 rings (SSSR count). The van der Waals surface area contributed by atoms with Crippen LogP contribution < -0.4 is 16.0 Å². The van der Waals surface area contributed by atoms with E-state index < -0.39 is 0 Å². The lowest BCUT2D eigenvalue weighted by atomic mass is 10.2. The van der Waals surface area contributed by atoms with Crippen LogP contribution in [0.1, 0.15) is 51.1 Å². The summed E-state index contributed by atoms with van der Waals surface area (Å²) in [5.74, 6) is 1.44. The monoisotopic (exact) mass is 402 g/mol. The van der Waals surface area contributed by atoms with Crippen LogP contribution in [0.4, 0.5) is 5.82 Å². The maximum Gasteiger partial charge on any atom is 0.227 e. The molecule has 29 heavy (non-hydrogen) atoms. The Labute approximate surface area is 173 Å². The average Bonchev–Trinajstić information content (AvgIpc) is 2.89. The zero-order valence-corrected chi connectivity index (χ0v) is 17.7. The summed E-state index contributed by atoms with van der Waals surface area (Å²) in [5, 5.41) is 9.17. The van der Waals surface area contributed by atoms with E-state index in [0.717, 1.165) is 51.0 Å². The van der Waals surface area contributed by atoms with E-state index in [1.807, 2.05) is 30.9 Å². The second-order valence-electron chi connectivity index (χ2n) is 7.19. The highest BCUT2D eigenvalue weighted by atomic mass is 16.2. The first-order chi connectivity index (χ1) is 14.1. The van der Waals surface area contributed by atoms with Crippen molar-refractivity contribution < 1.29 is 9.59 Å². The number of aryl methyl sites for hydroxylation is 1. The number of nitrogens with zero attached hydrogens (tertiary/aromatic N) is 3. The van der Waals surface area contributed by atoms with Crippen LogP contribution in [-0.2, 0) is 9.59 Å². The molecule has 0 unspecified atom stereocenters. The quantitative estimate of drug-likeness (QED) is 0.334. The largest absolute Gasteiger partial charge is 0.357 e. The number of hydrogen-bond donors (Lipinski definition) is 3. The minimum absolute atomic E-state index is 0.0916. The smallest absolute Gasteiger partial charge is 0.227 e. The predicted molar refractivity (Wildman–Crippen MR) is 116 cm³/mol. The van der Waals surface area contributed by atoms with Crippen LogP contribution in [0, 0.1) is 6.92 Å². The Hall–Kier alpha value is -2.64. The molecular formula is C21H34N6O2. The Morgan fingerprint density at radius 2 is 2.10 bits per heavy atom. The van der Waals surface area contributed by atoms with Crippen LogP contribution in [0.25, 0.3) is 0 Å². The van der Waals surface area contributed by atoms with E-state index in [-0.39, 0.29) is 11.8 Å². The van der Waals surface area contributed by atoms with E-state index in [1.165, 1.54) is 0 Å². The number of anilines is 1. The van der Waals surface area contributed by atoms with Crippen molar-refractivity contribution in [1.29, 1.82) is 0 Å². The molecule has 160 valence electrons. The fourth-order valence-corrected chi connectivity index (χ4v) is 3.18. The zero-order valence-electron chi connectivity index (χ0n) is 17.7. The average molecular weight is 403 g/mol. The SMILES string of the molecule is CCNC(=NCCCN1CCCCCC1=O)NCCC(=O)Nc1cccc(C)n1. The summed E-state index contributed by atoms with van der Waals surface area (Å²) in [6, 6.07) is 5.53. The number of aromatic nitrogens is 1. The van der Waals surface area contributed by atoms with Crippen LogP contribution >= 0.6 is 0 Å². The Kier molecular flexibility index (Phi) is 9.95. The number of hydrogen-bond acceptors (Lipinski definition) is 4. The van der Waals surface area contributed by atoms with Crippen molar-refractivity contribution in [2.75, 3.05) is 38.0 Å². The first-order valence-electron chi connectivity index (χ1n) is 10.6. The first kappa shape index (κ1) is 22.6. The van der Waals surface area contributed by atoms with Crippen molar-refractivity contribution in [3.8, 4) is 0 Å². The van der Waals surface area contributed by atoms with Crippen molar-refractivity contribution in [2.45, 2.75) is 52.4 Å². The van der Waals surface area contributed by atoms with Crippen LogP contribution in [0.3, 0.4) is 0 Å². The second kappa shape index (κ2) is 12.7. The molecule has 8 heteroatoms. The van der Waals surface area contributed by atoms with E-state index in [1.54, 1.807) is 6.07 Å². The highest BCUT2D eigenvalue weighted by molar-refractivity contribution is 5.90. The van der Waals surface area contributed by atoms with Gasteiger partial charge in [-0.25, -0.2) is 4.98 Å². The van der Waals surface area contributed by atoms with E-state index in [9.17, 15) is 9.59 Å². The molecule has 0 aromatic carbocycles. The van der Waals surface area contributed by atoms with Crippen LogP contribution in [0.2, 0.25) is 0 Å². The molecular weight excluding hydrogens is 368 g/mol. The fourth-order valence-electron chi connectivity index (χ4n) is 3.18. The standard InChI is InChI=1S/C21H34N6O2/c1-3-22-21(23-13-8-16-27-15-6-4-5-11-20(27)29)24-14-12-19(28)26-18-10-7-9-17(2)25-18/h7,9-10H,3-6,8,11-16H2,1-2H3,(H2,22,23,24)(H,25,26,28). The number of aliphatic imine (C=N–C) groups is 1. The van der Waals surface area contributed by atoms with Gasteiger partial charge in [-0.1, -0.05) is 12.5 Å². The van der Waals surface area contributed by atoms with E-state index in [2.05, 4.69) is 25.9 Å². The van der Waals surface area contributed by atoms with Crippen molar-refractivity contribution in [2.24, 2.45) is 4.99 Å². The van der Waals surface area contributed by atoms with Gasteiger partial charge in [0.15, 0.2) is 5.96 Å². The third-order valence-corrected chi connectivity index (χ3v) is 4.67. The van der Waals surface area contributed by atoms with E-state index in [4.69, 9.17) is 0 Å². The predicted octanol–water partition coefficient (Wildman–Crippen LogP) is 2.07. The minimum atomic E-state index is -0.0916. The molecule has 2 amide bonds. The van der Waals surface area contributed by atoms with Crippen molar-refractivity contribution >= 4 is 23.6 Å². The summed E-state index contributed by atoms with van der Waals surface area (Å²) < 4.78 is 0. The van der Waals surface area contributed by atoms with Crippen LogP contribution in [0.15, 0.2) is 23.2 Å². The lowest BCUT2D eigenvalue weighted by Crippen LogP contribution is -2.39. The van der Waals surface area contributed by atoms with Gasteiger partial charge in [0.05, 0.1) is 0 Å². The van der Waals surface area contributed by atoms with Gasteiger partial charge in [-0.05, 0) is 45.2 Å². The number of amides is 2. The molecule has 0 bridgehead atoms. The van der Waals surface area contributed by atoms with Gasteiger partial charge in [-0.15, -0.1) is 0 Å². The van der Waals surface area contributed by atoms with Gasteiger partial charge in [-0.3, -0.25) is 14.6 Å². The van der Waals surface area contributed by atoms with Gasteiger partial charge in [0.2, 0.25) is 11.8 Å². The molecule has 1 fully saturated rings. The van der Waals surface area contributed by atoms with Gasteiger partial charge < -0.3 is 20.9 Å². The molecule has 1 saturated heterocycles. The molecule has 0 saturated carbocycles. The number of likely N-dealkylation sites (tertiary alicyclic amines) is 1. The minimum Gasteiger partial charge on any atom is -0.357 e. The second-order valence-corrected chi connectivity index (χ2v) is 7.19. The van der Waals surface area contributed by atoms with Crippen molar-refractivity contribution in [3.05, 3.63) is 23.9 Å². The van der Waals surface area contributed by atoms with E-state index >= 15 is 0 Å². The van der Waals surface area contributed by atoms with Gasteiger partial charge >= 0.3 is 0 Å².